The predicted octanol–water partition coefficient (Wildman–Crippen LogP) is -0.615. The van der Waals surface area contributed by atoms with E-state index in [0.717, 1.165) is 0 Å². The van der Waals surface area contributed by atoms with Gasteiger partial charge in [-0.05, 0) is 6.92 Å². The molecule has 0 spiro atoms. The molecule has 0 aliphatic carbocycles. The summed E-state index contributed by atoms with van der Waals surface area (Å²) in [5.41, 5.74) is 1.53. The molecule has 0 fully saturated rings. The quantitative estimate of drug-likeness (QED) is 0.695. The van der Waals surface area contributed by atoms with Crippen LogP contribution in [0.4, 0.5) is 0 Å². The van der Waals surface area contributed by atoms with E-state index in [1.54, 1.807) is 11.6 Å². The van der Waals surface area contributed by atoms with Crippen LogP contribution in [0.3, 0.4) is 0 Å². The average molecular weight is 221 g/mol. The van der Waals surface area contributed by atoms with E-state index >= 15 is 0 Å². The lowest BCUT2D eigenvalue weighted by Gasteiger charge is -1.99. The molecule has 1 rings (SSSR count). The fourth-order valence-electron chi connectivity index (χ4n) is 0.701. The number of thiazole rings is 1. The van der Waals surface area contributed by atoms with Crippen molar-refractivity contribution in [3.63, 3.8) is 0 Å². The van der Waals surface area contributed by atoms with Crippen LogP contribution in [0.1, 0.15) is 15.4 Å². The van der Waals surface area contributed by atoms with Crippen molar-refractivity contribution in [3.05, 3.63) is 16.1 Å². The molecule has 0 unspecified atom stereocenters. The van der Waals surface area contributed by atoms with Crippen molar-refractivity contribution in [1.29, 1.82) is 0 Å². The Morgan fingerprint density at radius 3 is 2.69 bits per heavy atom. The van der Waals surface area contributed by atoms with Gasteiger partial charge in [0.25, 0.3) is 16.1 Å². The summed E-state index contributed by atoms with van der Waals surface area (Å²) in [5.74, 6) is -0.804. The largest absolute Gasteiger partial charge is 0.299 e. The summed E-state index contributed by atoms with van der Waals surface area (Å²) in [7, 11) is -4.00. The van der Waals surface area contributed by atoms with Crippen molar-refractivity contribution in [3.8, 4) is 0 Å². The highest BCUT2D eigenvalue weighted by Crippen LogP contribution is 2.10. The highest BCUT2D eigenvalue weighted by atomic mass is 32.2. The van der Waals surface area contributed by atoms with Crippen LogP contribution in [-0.4, -0.2) is 19.3 Å². The minimum atomic E-state index is -4.00. The van der Waals surface area contributed by atoms with Crippen molar-refractivity contribution < 1.29 is 13.2 Å². The number of nitrogens with one attached hydrogen (secondary N) is 1. The Labute approximate surface area is 79.0 Å². The van der Waals surface area contributed by atoms with Gasteiger partial charge in [-0.15, -0.1) is 11.3 Å². The minimum absolute atomic E-state index is 0.0824. The third-order valence-corrected chi connectivity index (χ3v) is 2.42. The van der Waals surface area contributed by atoms with E-state index in [1.165, 1.54) is 16.8 Å². The van der Waals surface area contributed by atoms with Crippen molar-refractivity contribution in [2.24, 2.45) is 5.14 Å². The second-order valence-corrected chi connectivity index (χ2v) is 4.59. The van der Waals surface area contributed by atoms with Crippen LogP contribution in [0, 0.1) is 6.92 Å². The molecule has 0 saturated carbocycles. The molecule has 3 N–H and O–H groups in total. The summed E-state index contributed by atoms with van der Waals surface area (Å²) in [6.45, 7) is 1.66. The topological polar surface area (TPSA) is 102 Å². The zero-order valence-corrected chi connectivity index (χ0v) is 8.28. The Bertz CT molecular complexity index is 422. The smallest absolute Gasteiger partial charge is 0.266 e. The van der Waals surface area contributed by atoms with Crippen molar-refractivity contribution in [2.45, 2.75) is 6.92 Å². The zero-order chi connectivity index (χ0) is 10.1. The van der Waals surface area contributed by atoms with E-state index in [4.69, 9.17) is 0 Å². The number of hydrogen-bond donors (Lipinski definition) is 2. The molecule has 8 heteroatoms. The van der Waals surface area contributed by atoms with Gasteiger partial charge in [-0.2, -0.15) is 8.42 Å². The Kier molecular flexibility index (Phi) is 2.64. The maximum absolute atomic E-state index is 11.1. The molecule has 1 amide bonds. The van der Waals surface area contributed by atoms with E-state index in [1.807, 2.05) is 0 Å². The SMILES string of the molecule is Cc1scnc1C(=O)NS(N)(=O)=O. The first-order valence-corrected chi connectivity index (χ1v) is 5.57. The molecule has 0 aromatic carbocycles. The summed E-state index contributed by atoms with van der Waals surface area (Å²) in [4.78, 5) is 15.4. The fraction of sp³-hybridized carbons (Fsp3) is 0.200. The molecule has 0 radical (unpaired) electrons. The van der Waals surface area contributed by atoms with Gasteiger partial charge in [-0.3, -0.25) is 4.79 Å². The fourth-order valence-corrected chi connectivity index (χ4v) is 1.63. The minimum Gasteiger partial charge on any atom is -0.266 e. The van der Waals surface area contributed by atoms with Gasteiger partial charge in [-0.25, -0.2) is 14.8 Å². The van der Waals surface area contributed by atoms with Gasteiger partial charge in [0.05, 0.1) is 5.51 Å². The lowest BCUT2D eigenvalue weighted by molar-refractivity contribution is 0.0977. The Hall–Kier alpha value is -0.990. The number of nitrogens with zero attached hydrogens (tertiary/aromatic N) is 1. The van der Waals surface area contributed by atoms with Crippen LogP contribution >= 0.6 is 11.3 Å². The third-order valence-electron chi connectivity index (χ3n) is 1.19. The van der Waals surface area contributed by atoms with Gasteiger partial charge in [0.1, 0.15) is 5.69 Å². The Morgan fingerprint density at radius 1 is 1.69 bits per heavy atom. The van der Waals surface area contributed by atoms with E-state index in [0.29, 0.717) is 4.88 Å². The average Bonchev–Trinajstić information content (AvgIpc) is 2.30. The number of aryl methyl sites for hydroxylation is 1. The van der Waals surface area contributed by atoms with E-state index in [2.05, 4.69) is 10.1 Å². The van der Waals surface area contributed by atoms with Crippen LogP contribution in [-0.2, 0) is 10.2 Å². The first-order chi connectivity index (χ1) is 5.90. The predicted molar refractivity (Wildman–Crippen MR) is 47.4 cm³/mol. The number of carbonyl (C=O) groups is 1. The number of amides is 1. The summed E-state index contributed by atoms with van der Waals surface area (Å²) >= 11 is 1.25. The summed E-state index contributed by atoms with van der Waals surface area (Å²) in [6.07, 6.45) is 0. The first kappa shape index (κ1) is 10.1. The van der Waals surface area contributed by atoms with Crippen LogP contribution in [0.25, 0.3) is 0 Å². The number of rotatable bonds is 2. The van der Waals surface area contributed by atoms with Gasteiger partial charge >= 0.3 is 0 Å². The van der Waals surface area contributed by atoms with E-state index in [9.17, 15) is 13.2 Å². The van der Waals surface area contributed by atoms with Crippen LogP contribution in [0.5, 0.6) is 0 Å². The number of hydrogen-bond acceptors (Lipinski definition) is 5. The molecule has 0 bridgehead atoms. The number of nitrogens with two attached hydrogens (primary N) is 1. The van der Waals surface area contributed by atoms with Crippen LogP contribution in [0.15, 0.2) is 5.51 Å². The monoisotopic (exact) mass is 221 g/mol. The second-order valence-electron chi connectivity index (χ2n) is 2.23. The highest BCUT2D eigenvalue weighted by molar-refractivity contribution is 7.87. The number of aromatic nitrogens is 1. The summed E-state index contributed by atoms with van der Waals surface area (Å²) < 4.78 is 22.6. The normalized spacial score (nSPS) is 11.2. The molecular formula is C5H7N3O3S2. The maximum Gasteiger partial charge on any atom is 0.299 e. The van der Waals surface area contributed by atoms with Gasteiger partial charge in [0.2, 0.25) is 0 Å². The molecule has 6 nitrogen and oxygen atoms in total. The number of carbonyl (C=O) groups excluding carboxylic acids is 1. The Morgan fingerprint density at radius 2 is 2.31 bits per heavy atom. The lowest BCUT2D eigenvalue weighted by Crippen LogP contribution is -2.36. The Balaban J connectivity index is 2.88. The lowest BCUT2D eigenvalue weighted by atomic mass is 10.4. The van der Waals surface area contributed by atoms with Gasteiger partial charge < -0.3 is 0 Å². The van der Waals surface area contributed by atoms with Gasteiger partial charge in [-0.1, -0.05) is 0 Å². The molecular weight excluding hydrogens is 214 g/mol. The molecule has 0 saturated heterocycles. The zero-order valence-electron chi connectivity index (χ0n) is 6.64. The van der Waals surface area contributed by atoms with Crippen molar-refractivity contribution >= 4 is 27.5 Å². The molecule has 1 heterocycles. The second kappa shape index (κ2) is 3.40. The van der Waals surface area contributed by atoms with E-state index in [-0.39, 0.29) is 5.69 Å². The molecule has 13 heavy (non-hydrogen) atoms. The maximum atomic E-state index is 11.1. The highest BCUT2D eigenvalue weighted by Gasteiger charge is 2.15. The summed E-state index contributed by atoms with van der Waals surface area (Å²) in [6, 6.07) is 0. The first-order valence-electron chi connectivity index (χ1n) is 3.15. The standard InChI is InChI=1S/C5H7N3O3S2/c1-3-4(7-2-12-3)5(9)8-13(6,10)11/h2H,1H3,(H,8,9)(H2,6,10,11). The third kappa shape index (κ3) is 2.76. The molecule has 0 aliphatic heterocycles. The van der Waals surface area contributed by atoms with Crippen LogP contribution in [0.2, 0.25) is 0 Å². The summed E-state index contributed by atoms with van der Waals surface area (Å²) in [5, 5.41) is 4.61. The molecule has 0 aliphatic rings. The molecule has 1 aromatic rings. The van der Waals surface area contributed by atoms with Crippen LogP contribution < -0.4 is 9.86 Å². The van der Waals surface area contributed by atoms with Gasteiger partial charge in [0.15, 0.2) is 0 Å². The van der Waals surface area contributed by atoms with Gasteiger partial charge in [0, 0.05) is 4.88 Å². The molecule has 1 aromatic heterocycles. The van der Waals surface area contributed by atoms with E-state index < -0.39 is 16.1 Å². The molecule has 0 atom stereocenters. The van der Waals surface area contributed by atoms with Crippen molar-refractivity contribution in [1.82, 2.24) is 9.71 Å². The molecule has 72 valence electrons. The van der Waals surface area contributed by atoms with Crippen molar-refractivity contribution in [2.75, 3.05) is 0 Å².